The van der Waals surface area contributed by atoms with Crippen LogP contribution >= 0.6 is 0 Å². The predicted octanol–water partition coefficient (Wildman–Crippen LogP) is 7.76. The van der Waals surface area contributed by atoms with Crippen LogP contribution in [0.5, 0.6) is 0 Å². The number of esters is 1. The number of amides is 3. The average molecular weight is 680 g/mol. The summed E-state index contributed by atoms with van der Waals surface area (Å²) in [5.74, 6) is -1.69. The van der Waals surface area contributed by atoms with Crippen molar-refractivity contribution in [3.8, 4) is 0 Å². The molecule has 2 N–H and O–H groups in total. The molecule has 0 saturated heterocycles. The van der Waals surface area contributed by atoms with Gasteiger partial charge in [-0.05, 0) is 90.0 Å². The van der Waals surface area contributed by atoms with Crippen molar-refractivity contribution in [3.05, 3.63) is 70.8 Å². The summed E-state index contributed by atoms with van der Waals surface area (Å²) in [6.07, 6.45) is 3.62. The van der Waals surface area contributed by atoms with Gasteiger partial charge in [0.25, 0.3) is 0 Å². The summed E-state index contributed by atoms with van der Waals surface area (Å²) in [5.41, 5.74) is 1.81. The summed E-state index contributed by atoms with van der Waals surface area (Å²) in [5, 5.41) is 5.84. The third-order valence-electron chi connectivity index (χ3n) is 8.48. The minimum atomic E-state index is -1.08. The molecule has 0 saturated carbocycles. The van der Waals surface area contributed by atoms with Gasteiger partial charge in [0.15, 0.2) is 0 Å². The highest BCUT2D eigenvalue weighted by Gasteiger charge is 2.40. The molecule has 49 heavy (non-hydrogen) atoms. The summed E-state index contributed by atoms with van der Waals surface area (Å²) in [6, 6.07) is 12.1. The number of unbranched alkanes of at least 4 members (excludes halogenated alkanes) is 3. The van der Waals surface area contributed by atoms with Crippen molar-refractivity contribution in [2.75, 3.05) is 6.54 Å². The number of nitrogens with zero attached hydrogens (tertiary/aromatic N) is 1. The molecule has 2 aromatic carbocycles. The first-order valence-corrected chi connectivity index (χ1v) is 17.8. The Bertz CT molecular complexity index is 1380. The summed E-state index contributed by atoms with van der Waals surface area (Å²) in [4.78, 5) is 57.8. The first-order chi connectivity index (χ1) is 22.9. The van der Waals surface area contributed by atoms with Gasteiger partial charge in [-0.1, -0.05) is 95.0 Å². The minimum Gasteiger partial charge on any atom is -0.458 e. The third kappa shape index (κ3) is 13.5. The molecule has 0 spiro atoms. The molecule has 0 fully saturated rings. The Balaban J connectivity index is 2.71. The first-order valence-electron chi connectivity index (χ1n) is 17.8. The Morgan fingerprint density at radius 1 is 0.796 bits per heavy atom. The minimum absolute atomic E-state index is 0.209. The van der Waals surface area contributed by atoms with Crippen LogP contribution in [0.25, 0.3) is 0 Å². The number of rotatable bonds is 16. The van der Waals surface area contributed by atoms with E-state index >= 15 is 0 Å². The van der Waals surface area contributed by atoms with Gasteiger partial charge in [-0.2, -0.15) is 0 Å². The molecule has 0 aliphatic heterocycles. The highest BCUT2D eigenvalue weighted by Crippen LogP contribution is 2.29. The lowest BCUT2D eigenvalue weighted by molar-refractivity contribution is -0.159. The van der Waals surface area contributed by atoms with Crippen molar-refractivity contribution in [2.45, 2.75) is 144 Å². The molecular formula is C40H61N3O6. The molecule has 9 nitrogen and oxygen atoms in total. The van der Waals surface area contributed by atoms with Gasteiger partial charge in [0.1, 0.15) is 29.3 Å². The Morgan fingerprint density at radius 2 is 1.43 bits per heavy atom. The summed E-state index contributed by atoms with van der Waals surface area (Å²) >= 11 is 0. The molecule has 0 heterocycles. The van der Waals surface area contributed by atoms with Crippen molar-refractivity contribution in [3.63, 3.8) is 0 Å². The smallest absolute Gasteiger partial charge is 0.408 e. The topological polar surface area (TPSA) is 114 Å². The van der Waals surface area contributed by atoms with E-state index in [9.17, 15) is 19.2 Å². The second-order valence-electron chi connectivity index (χ2n) is 15.1. The second kappa shape index (κ2) is 18.8. The molecule has 0 aromatic heterocycles. The Morgan fingerprint density at radius 3 is 2.00 bits per heavy atom. The van der Waals surface area contributed by atoms with Crippen LogP contribution < -0.4 is 10.6 Å². The number of carbonyl (C=O) groups is 4. The molecule has 272 valence electrons. The zero-order valence-electron chi connectivity index (χ0n) is 31.8. The van der Waals surface area contributed by atoms with E-state index in [4.69, 9.17) is 9.47 Å². The highest BCUT2D eigenvalue weighted by atomic mass is 16.6. The van der Waals surface area contributed by atoms with E-state index in [0.717, 1.165) is 36.0 Å². The van der Waals surface area contributed by atoms with E-state index < -0.39 is 47.3 Å². The van der Waals surface area contributed by atoms with Crippen LogP contribution in [0.15, 0.2) is 48.5 Å². The monoisotopic (exact) mass is 679 g/mol. The SMILES string of the molecule is CCCCCCN(C(=O)C(NC(=O)OC(C)(C)C)C(C)CC)C(C(=O)NC(Cc1ccccc1)C(=O)OC(C)(C)C)c1cccc(C)c1C. The lowest BCUT2D eigenvalue weighted by Crippen LogP contribution is -2.56. The third-order valence-corrected chi connectivity index (χ3v) is 8.48. The van der Waals surface area contributed by atoms with Crippen LogP contribution in [0.4, 0.5) is 4.79 Å². The Labute approximate surface area is 294 Å². The van der Waals surface area contributed by atoms with Gasteiger partial charge in [0, 0.05) is 13.0 Å². The first kappa shape index (κ1) is 41.3. The number of hydrogen-bond donors (Lipinski definition) is 2. The summed E-state index contributed by atoms with van der Waals surface area (Å²) in [6.45, 7) is 20.8. The van der Waals surface area contributed by atoms with Gasteiger partial charge < -0.3 is 25.0 Å². The van der Waals surface area contributed by atoms with Crippen LogP contribution in [0.3, 0.4) is 0 Å². The fourth-order valence-electron chi connectivity index (χ4n) is 5.56. The number of alkyl carbamates (subject to hydrolysis) is 1. The van der Waals surface area contributed by atoms with E-state index in [1.165, 1.54) is 0 Å². The van der Waals surface area contributed by atoms with Gasteiger partial charge in [-0.15, -0.1) is 0 Å². The van der Waals surface area contributed by atoms with Crippen molar-refractivity contribution in [1.29, 1.82) is 0 Å². The molecule has 0 aliphatic rings. The zero-order valence-corrected chi connectivity index (χ0v) is 31.8. The lowest BCUT2D eigenvalue weighted by atomic mass is 9.92. The van der Waals surface area contributed by atoms with Crippen LogP contribution in [0, 0.1) is 19.8 Å². The molecule has 0 bridgehead atoms. The number of aryl methyl sites for hydroxylation is 1. The molecule has 4 unspecified atom stereocenters. The normalized spacial score (nSPS) is 14.2. The van der Waals surface area contributed by atoms with Crippen molar-refractivity contribution >= 4 is 23.9 Å². The van der Waals surface area contributed by atoms with Crippen molar-refractivity contribution in [2.24, 2.45) is 5.92 Å². The van der Waals surface area contributed by atoms with Gasteiger partial charge >= 0.3 is 12.1 Å². The van der Waals surface area contributed by atoms with Gasteiger partial charge in [0.2, 0.25) is 11.8 Å². The Hall–Kier alpha value is -3.88. The second-order valence-corrected chi connectivity index (χ2v) is 15.1. The fourth-order valence-corrected chi connectivity index (χ4v) is 5.56. The highest BCUT2D eigenvalue weighted by molar-refractivity contribution is 5.94. The lowest BCUT2D eigenvalue weighted by Gasteiger charge is -2.37. The molecule has 0 radical (unpaired) electrons. The molecule has 2 rings (SSSR count). The summed E-state index contributed by atoms with van der Waals surface area (Å²) < 4.78 is 11.3. The maximum atomic E-state index is 14.8. The predicted molar refractivity (Wildman–Crippen MR) is 195 cm³/mol. The molecular weight excluding hydrogens is 618 g/mol. The molecule has 2 aromatic rings. The van der Waals surface area contributed by atoms with Gasteiger partial charge in [0.05, 0.1) is 0 Å². The van der Waals surface area contributed by atoms with Crippen LogP contribution in [-0.2, 0) is 30.3 Å². The average Bonchev–Trinajstić information content (AvgIpc) is 3.01. The number of hydrogen-bond acceptors (Lipinski definition) is 6. The number of benzene rings is 2. The van der Waals surface area contributed by atoms with Crippen LogP contribution in [-0.4, -0.2) is 58.6 Å². The van der Waals surface area contributed by atoms with Crippen molar-refractivity contribution in [1.82, 2.24) is 15.5 Å². The fraction of sp³-hybridized carbons (Fsp3) is 0.600. The van der Waals surface area contributed by atoms with E-state index in [1.54, 1.807) is 46.4 Å². The number of carbonyl (C=O) groups excluding carboxylic acids is 4. The van der Waals surface area contributed by atoms with Crippen molar-refractivity contribution < 1.29 is 28.7 Å². The largest absolute Gasteiger partial charge is 0.458 e. The van der Waals surface area contributed by atoms with Gasteiger partial charge in [-0.3, -0.25) is 9.59 Å². The van der Waals surface area contributed by atoms with E-state index in [0.29, 0.717) is 18.4 Å². The number of nitrogens with one attached hydrogen (secondary N) is 2. The zero-order chi connectivity index (χ0) is 36.9. The van der Waals surface area contributed by atoms with Crippen LogP contribution in [0.2, 0.25) is 0 Å². The standard InChI is InChI=1S/C40H61N3O6/c1-12-14-15-19-25-43(36(45)33(27(3)13-2)42-38(47)49-40(9,10)11)34(31-24-20-21-28(4)29(31)5)35(44)41-32(37(46)48-39(6,7)8)26-30-22-17-16-18-23-30/h16-18,20-24,27,32-34H,12-15,19,25-26H2,1-11H3,(H,41,44)(H,42,47). The summed E-state index contributed by atoms with van der Waals surface area (Å²) in [7, 11) is 0. The van der Waals surface area contributed by atoms with E-state index in [1.807, 2.05) is 76.2 Å². The molecule has 4 atom stereocenters. The number of ether oxygens (including phenoxy) is 2. The van der Waals surface area contributed by atoms with Crippen LogP contribution in [0.1, 0.15) is 123 Å². The van der Waals surface area contributed by atoms with Gasteiger partial charge in [-0.25, -0.2) is 9.59 Å². The van der Waals surface area contributed by atoms with E-state index in [-0.39, 0.29) is 24.8 Å². The molecule has 9 heteroatoms. The molecule has 3 amide bonds. The quantitative estimate of drug-likeness (QED) is 0.139. The Kier molecular flexibility index (Phi) is 15.8. The van der Waals surface area contributed by atoms with E-state index in [2.05, 4.69) is 17.6 Å². The maximum Gasteiger partial charge on any atom is 0.408 e. The molecule has 0 aliphatic carbocycles. The maximum absolute atomic E-state index is 14.8.